The molecular formula is C27H34N2O6. The quantitative estimate of drug-likeness (QED) is 0.366. The van der Waals surface area contributed by atoms with Crippen molar-refractivity contribution in [3.63, 3.8) is 0 Å². The minimum absolute atomic E-state index is 0.00506. The van der Waals surface area contributed by atoms with Gasteiger partial charge < -0.3 is 25.6 Å². The number of ether oxygens (including phenoxy) is 1. The molecule has 2 aromatic carbocycles. The lowest BCUT2D eigenvalue weighted by Gasteiger charge is -2.24. The SMILES string of the molecule is CCC(CCNC(=O)OCC1c2ccccc2-c2ccccc21)CCC(=O)NC(C)(CO)C(=O)O. The van der Waals surface area contributed by atoms with Crippen LogP contribution in [0.3, 0.4) is 0 Å². The third-order valence-corrected chi connectivity index (χ3v) is 6.73. The number of rotatable bonds is 12. The summed E-state index contributed by atoms with van der Waals surface area (Å²) >= 11 is 0. The van der Waals surface area contributed by atoms with Gasteiger partial charge >= 0.3 is 12.1 Å². The van der Waals surface area contributed by atoms with Crippen molar-refractivity contribution in [2.75, 3.05) is 19.8 Å². The van der Waals surface area contributed by atoms with Crippen molar-refractivity contribution in [2.24, 2.45) is 5.92 Å². The van der Waals surface area contributed by atoms with Gasteiger partial charge in [-0.15, -0.1) is 0 Å². The molecule has 0 saturated carbocycles. The molecule has 0 spiro atoms. The van der Waals surface area contributed by atoms with Crippen LogP contribution in [0.5, 0.6) is 0 Å². The maximum absolute atomic E-state index is 12.3. The first kappa shape index (κ1) is 26.2. The van der Waals surface area contributed by atoms with Gasteiger partial charge in [-0.3, -0.25) is 4.79 Å². The first-order chi connectivity index (χ1) is 16.8. The highest BCUT2D eigenvalue weighted by Gasteiger charge is 2.34. The Hall–Kier alpha value is -3.39. The number of aliphatic carboxylic acids is 1. The van der Waals surface area contributed by atoms with Gasteiger partial charge in [-0.05, 0) is 47.9 Å². The number of hydrogen-bond donors (Lipinski definition) is 4. The number of hydrogen-bond acceptors (Lipinski definition) is 5. The van der Waals surface area contributed by atoms with E-state index in [1.165, 1.54) is 18.1 Å². The molecule has 0 bridgehead atoms. The number of amides is 2. The molecule has 188 valence electrons. The molecule has 2 atom stereocenters. The third-order valence-electron chi connectivity index (χ3n) is 6.73. The zero-order valence-corrected chi connectivity index (χ0v) is 20.3. The summed E-state index contributed by atoms with van der Waals surface area (Å²) in [4.78, 5) is 35.7. The van der Waals surface area contributed by atoms with E-state index in [0.717, 1.165) is 17.5 Å². The van der Waals surface area contributed by atoms with Crippen LogP contribution in [0.1, 0.15) is 56.6 Å². The Labute approximate surface area is 205 Å². The number of carboxylic acids is 1. The number of aliphatic hydroxyl groups excluding tert-OH is 1. The van der Waals surface area contributed by atoms with Crippen LogP contribution in [0.25, 0.3) is 11.1 Å². The summed E-state index contributed by atoms with van der Waals surface area (Å²) in [6, 6.07) is 16.3. The molecule has 0 radical (unpaired) electrons. The fourth-order valence-electron chi connectivity index (χ4n) is 4.45. The number of nitrogens with one attached hydrogen (secondary N) is 2. The molecule has 4 N–H and O–H groups in total. The highest BCUT2D eigenvalue weighted by atomic mass is 16.5. The Morgan fingerprint density at radius 3 is 2.17 bits per heavy atom. The van der Waals surface area contributed by atoms with E-state index in [9.17, 15) is 19.5 Å². The van der Waals surface area contributed by atoms with Crippen molar-refractivity contribution in [1.29, 1.82) is 0 Å². The van der Waals surface area contributed by atoms with Crippen molar-refractivity contribution in [2.45, 2.75) is 51.0 Å². The zero-order chi connectivity index (χ0) is 25.4. The number of carboxylic acid groups (broad SMARTS) is 1. The van der Waals surface area contributed by atoms with Crippen LogP contribution in [-0.2, 0) is 14.3 Å². The molecule has 8 heteroatoms. The fraction of sp³-hybridized carbons (Fsp3) is 0.444. The Kier molecular flexibility index (Phi) is 8.87. The van der Waals surface area contributed by atoms with E-state index in [1.54, 1.807) is 0 Å². The Morgan fingerprint density at radius 1 is 1.03 bits per heavy atom. The summed E-state index contributed by atoms with van der Waals surface area (Å²) in [6.45, 7) is 3.26. The number of alkyl carbamates (subject to hydrolysis) is 1. The number of aliphatic hydroxyl groups is 1. The maximum atomic E-state index is 12.3. The van der Waals surface area contributed by atoms with E-state index < -0.39 is 30.1 Å². The molecule has 2 unspecified atom stereocenters. The Bertz CT molecular complexity index is 1010. The second-order valence-electron chi connectivity index (χ2n) is 9.20. The summed E-state index contributed by atoms with van der Waals surface area (Å²) < 4.78 is 5.55. The molecule has 0 aromatic heterocycles. The summed E-state index contributed by atoms with van der Waals surface area (Å²) in [7, 11) is 0. The monoisotopic (exact) mass is 482 g/mol. The summed E-state index contributed by atoms with van der Waals surface area (Å²) in [5.74, 6) is -1.52. The topological polar surface area (TPSA) is 125 Å². The van der Waals surface area contributed by atoms with Crippen molar-refractivity contribution < 1.29 is 29.3 Å². The summed E-state index contributed by atoms with van der Waals surface area (Å²) in [6.07, 6.45) is 1.71. The van der Waals surface area contributed by atoms with Crippen molar-refractivity contribution in [3.05, 3.63) is 59.7 Å². The molecule has 2 amide bonds. The molecule has 8 nitrogen and oxygen atoms in total. The molecule has 0 aliphatic heterocycles. The normalized spacial score (nSPS) is 14.8. The van der Waals surface area contributed by atoms with Gasteiger partial charge in [0, 0.05) is 18.9 Å². The lowest BCUT2D eigenvalue weighted by Crippen LogP contribution is -2.54. The summed E-state index contributed by atoms with van der Waals surface area (Å²) in [5.41, 5.74) is 2.98. The predicted octanol–water partition coefficient (Wildman–Crippen LogP) is 3.67. The smallest absolute Gasteiger partial charge is 0.407 e. The van der Waals surface area contributed by atoms with E-state index in [2.05, 4.69) is 34.9 Å². The van der Waals surface area contributed by atoms with Crippen LogP contribution in [0.15, 0.2) is 48.5 Å². The lowest BCUT2D eigenvalue weighted by molar-refractivity contribution is -0.148. The van der Waals surface area contributed by atoms with E-state index in [4.69, 9.17) is 9.84 Å². The molecule has 3 rings (SSSR count). The van der Waals surface area contributed by atoms with Gasteiger partial charge in [-0.25, -0.2) is 9.59 Å². The average molecular weight is 483 g/mol. The number of carbonyl (C=O) groups excluding carboxylic acids is 2. The second-order valence-corrected chi connectivity index (χ2v) is 9.20. The van der Waals surface area contributed by atoms with E-state index in [-0.39, 0.29) is 24.9 Å². The highest BCUT2D eigenvalue weighted by Crippen LogP contribution is 2.44. The average Bonchev–Trinajstić information content (AvgIpc) is 3.18. The largest absolute Gasteiger partial charge is 0.479 e. The molecule has 0 heterocycles. The van der Waals surface area contributed by atoms with Gasteiger partial charge in [-0.1, -0.05) is 61.9 Å². The Balaban J connectivity index is 1.42. The van der Waals surface area contributed by atoms with Crippen molar-refractivity contribution in [3.8, 4) is 11.1 Å². The second kappa shape index (κ2) is 11.8. The fourth-order valence-corrected chi connectivity index (χ4v) is 4.45. The molecule has 1 aliphatic rings. The lowest BCUT2D eigenvalue weighted by atomic mass is 9.95. The molecule has 35 heavy (non-hydrogen) atoms. The van der Waals surface area contributed by atoms with E-state index in [1.807, 2.05) is 31.2 Å². The van der Waals surface area contributed by atoms with Crippen LogP contribution in [-0.4, -0.2) is 53.5 Å². The molecule has 2 aromatic rings. The molecule has 0 saturated heterocycles. The minimum Gasteiger partial charge on any atom is -0.479 e. The highest BCUT2D eigenvalue weighted by molar-refractivity contribution is 5.86. The first-order valence-corrected chi connectivity index (χ1v) is 12.0. The number of fused-ring (bicyclic) bond motifs is 3. The van der Waals surface area contributed by atoms with Crippen molar-refractivity contribution >= 4 is 18.0 Å². The molecule has 0 fully saturated rings. The van der Waals surface area contributed by atoms with Gasteiger partial charge in [0.2, 0.25) is 5.91 Å². The Morgan fingerprint density at radius 2 is 1.63 bits per heavy atom. The maximum Gasteiger partial charge on any atom is 0.407 e. The standard InChI is InChI=1S/C27H34N2O6/c1-3-18(12-13-24(31)29-27(2,17-30)25(32)33)14-15-28-26(34)35-16-23-21-10-6-4-8-19(21)20-9-5-7-11-22(20)23/h4-11,18,23,30H,3,12-17H2,1-2H3,(H,28,34)(H,29,31)(H,32,33). The van der Waals surface area contributed by atoms with Gasteiger partial charge in [0.25, 0.3) is 0 Å². The predicted molar refractivity (Wildman–Crippen MR) is 132 cm³/mol. The van der Waals surface area contributed by atoms with Crippen molar-refractivity contribution in [1.82, 2.24) is 10.6 Å². The van der Waals surface area contributed by atoms with Crippen LogP contribution in [0.4, 0.5) is 4.79 Å². The number of carbonyl (C=O) groups is 3. The number of benzene rings is 2. The molecule has 1 aliphatic carbocycles. The van der Waals surface area contributed by atoms with Gasteiger partial charge in [0.1, 0.15) is 6.61 Å². The van der Waals surface area contributed by atoms with Gasteiger partial charge in [0.15, 0.2) is 5.54 Å². The van der Waals surface area contributed by atoms with Crippen LogP contribution < -0.4 is 10.6 Å². The summed E-state index contributed by atoms with van der Waals surface area (Å²) in [5, 5.41) is 23.6. The van der Waals surface area contributed by atoms with E-state index in [0.29, 0.717) is 19.4 Å². The zero-order valence-electron chi connectivity index (χ0n) is 20.3. The van der Waals surface area contributed by atoms with Crippen LogP contribution in [0.2, 0.25) is 0 Å². The third kappa shape index (κ3) is 6.39. The first-order valence-electron chi connectivity index (χ1n) is 12.0. The van der Waals surface area contributed by atoms with Gasteiger partial charge in [0.05, 0.1) is 6.61 Å². The van der Waals surface area contributed by atoms with Crippen LogP contribution >= 0.6 is 0 Å². The van der Waals surface area contributed by atoms with Gasteiger partial charge in [-0.2, -0.15) is 0 Å². The van der Waals surface area contributed by atoms with E-state index >= 15 is 0 Å². The molecular weight excluding hydrogens is 448 g/mol. The van der Waals surface area contributed by atoms with Crippen LogP contribution in [0, 0.1) is 5.92 Å². The minimum atomic E-state index is -1.69.